The molecular weight excluding hydrogens is 385 g/mol. The Morgan fingerprint density at radius 3 is 2.61 bits per heavy atom. The number of rotatable bonds is 11. The van der Waals surface area contributed by atoms with Gasteiger partial charge >= 0.3 is 5.97 Å². The SMILES string of the molecule is CCOC[C@H](C[C@@H](Cc1ccc(-c2cc(Cl)ccc2F)cc1)NC=O)C(=O)O. The normalized spacial score (nSPS) is 13.0. The largest absolute Gasteiger partial charge is 0.481 e. The molecule has 2 rings (SSSR count). The highest BCUT2D eigenvalue weighted by molar-refractivity contribution is 6.30. The fraction of sp³-hybridized carbons (Fsp3) is 0.333. The van der Waals surface area contributed by atoms with Crippen LogP contribution < -0.4 is 5.32 Å². The van der Waals surface area contributed by atoms with Gasteiger partial charge in [-0.15, -0.1) is 0 Å². The van der Waals surface area contributed by atoms with E-state index in [2.05, 4.69) is 5.32 Å². The van der Waals surface area contributed by atoms with Crippen molar-refractivity contribution in [2.45, 2.75) is 25.8 Å². The number of ether oxygens (including phenoxy) is 1. The summed E-state index contributed by atoms with van der Waals surface area (Å²) in [7, 11) is 0. The molecule has 0 spiro atoms. The molecule has 2 atom stereocenters. The summed E-state index contributed by atoms with van der Waals surface area (Å²) in [5, 5.41) is 12.5. The molecule has 5 nitrogen and oxygen atoms in total. The van der Waals surface area contributed by atoms with E-state index < -0.39 is 11.9 Å². The molecule has 7 heteroatoms. The van der Waals surface area contributed by atoms with E-state index in [1.807, 2.05) is 12.1 Å². The number of nitrogens with one attached hydrogen (secondary N) is 1. The highest BCUT2D eigenvalue weighted by atomic mass is 35.5. The van der Waals surface area contributed by atoms with Crippen LogP contribution in [0.3, 0.4) is 0 Å². The molecule has 2 aromatic rings. The van der Waals surface area contributed by atoms with Crippen LogP contribution in [-0.2, 0) is 20.7 Å². The number of benzene rings is 2. The first-order valence-corrected chi connectivity index (χ1v) is 9.37. The Morgan fingerprint density at radius 2 is 2.00 bits per heavy atom. The van der Waals surface area contributed by atoms with Crippen LogP contribution in [0, 0.1) is 11.7 Å². The Bertz CT molecular complexity index is 797. The van der Waals surface area contributed by atoms with Gasteiger partial charge < -0.3 is 15.2 Å². The van der Waals surface area contributed by atoms with E-state index in [0.717, 1.165) is 5.56 Å². The van der Waals surface area contributed by atoms with Gasteiger partial charge in [0.1, 0.15) is 5.82 Å². The summed E-state index contributed by atoms with van der Waals surface area (Å²) in [6.45, 7) is 2.32. The number of carboxylic acids is 1. The zero-order chi connectivity index (χ0) is 20.5. The maximum absolute atomic E-state index is 14.0. The van der Waals surface area contributed by atoms with Crippen LogP contribution in [0.5, 0.6) is 0 Å². The molecule has 2 N–H and O–H groups in total. The third-order valence-corrected chi connectivity index (χ3v) is 4.66. The summed E-state index contributed by atoms with van der Waals surface area (Å²) < 4.78 is 19.2. The number of carbonyl (C=O) groups excluding carboxylic acids is 1. The maximum atomic E-state index is 14.0. The highest BCUT2D eigenvalue weighted by Crippen LogP contribution is 2.26. The van der Waals surface area contributed by atoms with Gasteiger partial charge in [0.2, 0.25) is 6.41 Å². The van der Waals surface area contributed by atoms with Gasteiger partial charge in [-0.1, -0.05) is 35.9 Å². The van der Waals surface area contributed by atoms with E-state index >= 15 is 0 Å². The van der Waals surface area contributed by atoms with Crippen LogP contribution in [0.4, 0.5) is 4.39 Å². The van der Waals surface area contributed by atoms with Crippen molar-refractivity contribution in [1.82, 2.24) is 5.32 Å². The summed E-state index contributed by atoms with van der Waals surface area (Å²) in [4.78, 5) is 22.4. The van der Waals surface area contributed by atoms with E-state index in [1.54, 1.807) is 25.1 Å². The molecule has 0 unspecified atom stereocenters. The molecule has 150 valence electrons. The lowest BCUT2D eigenvalue weighted by atomic mass is 9.94. The minimum absolute atomic E-state index is 0.0931. The first kappa shape index (κ1) is 21.9. The van der Waals surface area contributed by atoms with Gasteiger partial charge in [-0.25, -0.2) is 4.39 Å². The lowest BCUT2D eigenvalue weighted by Gasteiger charge is -2.21. The highest BCUT2D eigenvalue weighted by Gasteiger charge is 2.23. The molecule has 1 amide bonds. The van der Waals surface area contributed by atoms with Gasteiger partial charge in [0, 0.05) is 23.2 Å². The summed E-state index contributed by atoms with van der Waals surface area (Å²) in [6.07, 6.45) is 1.27. The number of carbonyl (C=O) groups is 2. The topological polar surface area (TPSA) is 75.6 Å². The molecule has 0 fully saturated rings. The van der Waals surface area contributed by atoms with Crippen molar-refractivity contribution >= 4 is 24.0 Å². The Balaban J connectivity index is 2.11. The summed E-state index contributed by atoms with van der Waals surface area (Å²) >= 11 is 5.95. The summed E-state index contributed by atoms with van der Waals surface area (Å²) in [5.74, 6) is -2.03. The lowest BCUT2D eigenvalue weighted by molar-refractivity contribution is -0.144. The third kappa shape index (κ3) is 6.32. The van der Waals surface area contributed by atoms with Gasteiger partial charge in [-0.3, -0.25) is 9.59 Å². The van der Waals surface area contributed by atoms with Crippen molar-refractivity contribution in [2.75, 3.05) is 13.2 Å². The van der Waals surface area contributed by atoms with Gasteiger partial charge in [-0.05, 0) is 49.1 Å². The Hall–Kier alpha value is -2.44. The first-order chi connectivity index (χ1) is 13.4. The molecule has 0 bridgehead atoms. The fourth-order valence-electron chi connectivity index (χ4n) is 2.97. The molecule has 0 aliphatic rings. The second-order valence-corrected chi connectivity index (χ2v) is 6.87. The third-order valence-electron chi connectivity index (χ3n) is 4.42. The molecular formula is C21H23ClFNO4. The quantitative estimate of drug-likeness (QED) is 0.553. The molecule has 2 aromatic carbocycles. The molecule has 0 saturated heterocycles. The monoisotopic (exact) mass is 407 g/mol. The molecule has 28 heavy (non-hydrogen) atoms. The first-order valence-electron chi connectivity index (χ1n) is 8.99. The number of hydrogen-bond acceptors (Lipinski definition) is 3. The minimum Gasteiger partial charge on any atom is -0.481 e. The van der Waals surface area contributed by atoms with Crippen molar-refractivity contribution in [3.63, 3.8) is 0 Å². The molecule has 0 radical (unpaired) electrons. The van der Waals surface area contributed by atoms with Gasteiger partial charge in [0.05, 0.1) is 12.5 Å². The second-order valence-electron chi connectivity index (χ2n) is 6.44. The van der Waals surface area contributed by atoms with Gasteiger partial charge in [0.25, 0.3) is 0 Å². The Kier molecular flexibility index (Phi) is 8.42. The van der Waals surface area contributed by atoms with Crippen LogP contribution in [0.1, 0.15) is 18.9 Å². The number of hydrogen-bond donors (Lipinski definition) is 2. The van der Waals surface area contributed by atoms with E-state index in [4.69, 9.17) is 16.3 Å². The Morgan fingerprint density at radius 1 is 1.29 bits per heavy atom. The zero-order valence-corrected chi connectivity index (χ0v) is 16.3. The smallest absolute Gasteiger partial charge is 0.308 e. The minimum atomic E-state index is -0.960. The van der Waals surface area contributed by atoms with Crippen molar-refractivity contribution in [3.8, 4) is 11.1 Å². The van der Waals surface area contributed by atoms with Crippen molar-refractivity contribution in [1.29, 1.82) is 0 Å². The van der Waals surface area contributed by atoms with Crippen LogP contribution in [0.25, 0.3) is 11.1 Å². The summed E-state index contributed by atoms with van der Waals surface area (Å²) in [5.41, 5.74) is 1.98. The maximum Gasteiger partial charge on any atom is 0.308 e. The molecule has 0 aliphatic carbocycles. The molecule has 0 saturated carbocycles. The number of aliphatic carboxylic acids is 1. The number of amides is 1. The van der Waals surface area contributed by atoms with E-state index in [1.165, 1.54) is 12.1 Å². The predicted octanol–water partition coefficient (Wildman–Crippen LogP) is 3.93. The zero-order valence-electron chi connectivity index (χ0n) is 15.5. The summed E-state index contributed by atoms with van der Waals surface area (Å²) in [6, 6.07) is 11.2. The average molecular weight is 408 g/mol. The fourth-order valence-corrected chi connectivity index (χ4v) is 3.15. The number of halogens is 2. The molecule has 0 aliphatic heterocycles. The van der Waals surface area contributed by atoms with Crippen molar-refractivity contribution < 1.29 is 23.8 Å². The van der Waals surface area contributed by atoms with Crippen molar-refractivity contribution in [2.24, 2.45) is 5.92 Å². The second kappa shape index (κ2) is 10.8. The van der Waals surface area contributed by atoms with Crippen molar-refractivity contribution in [3.05, 3.63) is 58.9 Å². The predicted molar refractivity (Wildman–Crippen MR) is 106 cm³/mol. The lowest BCUT2D eigenvalue weighted by Crippen LogP contribution is -2.35. The van der Waals surface area contributed by atoms with Crippen LogP contribution in [0.2, 0.25) is 5.02 Å². The van der Waals surface area contributed by atoms with E-state index in [0.29, 0.717) is 35.6 Å². The number of carboxylic acid groups (broad SMARTS) is 1. The van der Waals surface area contributed by atoms with Gasteiger partial charge in [-0.2, -0.15) is 0 Å². The van der Waals surface area contributed by atoms with Crippen LogP contribution in [0.15, 0.2) is 42.5 Å². The molecule has 0 heterocycles. The Labute approximate surface area is 168 Å². The average Bonchev–Trinajstić information content (AvgIpc) is 2.67. The van der Waals surface area contributed by atoms with Crippen LogP contribution in [-0.4, -0.2) is 36.7 Å². The van der Waals surface area contributed by atoms with Gasteiger partial charge in [0.15, 0.2) is 0 Å². The molecule has 0 aromatic heterocycles. The van der Waals surface area contributed by atoms with E-state index in [-0.39, 0.29) is 24.9 Å². The standard InChI is InChI=1S/C21H23ClFNO4/c1-2-28-12-16(21(26)27)10-18(24-13-25)9-14-3-5-15(6-4-14)19-11-17(22)7-8-20(19)23/h3-8,11,13,16,18H,2,9-10,12H2,1H3,(H,24,25)(H,26,27)/t16-,18+/m0/s1. The van der Waals surface area contributed by atoms with Crippen LogP contribution >= 0.6 is 11.6 Å². The van der Waals surface area contributed by atoms with E-state index in [9.17, 15) is 19.1 Å².